The van der Waals surface area contributed by atoms with Crippen LogP contribution in [0.1, 0.15) is 25.3 Å². The predicted octanol–water partition coefficient (Wildman–Crippen LogP) is 3.47. The highest BCUT2D eigenvalue weighted by atomic mass is 35.5. The zero-order chi connectivity index (χ0) is 15.7. The molecule has 0 aliphatic heterocycles. The number of carbonyl (C=O) groups excluding carboxylic acids is 2. The molecule has 0 unspecified atom stereocenters. The lowest BCUT2D eigenvalue weighted by Crippen LogP contribution is -2.29. The number of nitrogens with one attached hydrogen (secondary N) is 1. The van der Waals surface area contributed by atoms with Crippen molar-refractivity contribution in [1.29, 1.82) is 0 Å². The minimum Gasteiger partial charge on any atom is -0.452 e. The van der Waals surface area contributed by atoms with Gasteiger partial charge in [-0.3, -0.25) is 4.79 Å². The Labute approximate surface area is 134 Å². The first kappa shape index (κ1) is 17.5. The lowest BCUT2D eigenvalue weighted by Gasteiger charge is -2.04. The van der Waals surface area contributed by atoms with E-state index in [1.54, 1.807) is 18.2 Å². The van der Waals surface area contributed by atoms with E-state index in [1.165, 1.54) is 12.2 Å². The van der Waals surface area contributed by atoms with Gasteiger partial charge in [0.15, 0.2) is 6.61 Å². The zero-order valence-electron chi connectivity index (χ0n) is 11.7. The van der Waals surface area contributed by atoms with E-state index in [4.69, 9.17) is 27.9 Å². The molecular formula is C15H17Cl2NO3. The number of carbonyl (C=O) groups is 2. The van der Waals surface area contributed by atoms with Gasteiger partial charge in [0.2, 0.25) is 0 Å². The third kappa shape index (κ3) is 6.65. The maximum atomic E-state index is 11.5. The number of hydrogen-bond donors (Lipinski definition) is 1. The summed E-state index contributed by atoms with van der Waals surface area (Å²) in [5, 5.41) is 3.52. The molecule has 0 aliphatic rings. The maximum Gasteiger partial charge on any atom is 0.331 e. The first-order chi connectivity index (χ1) is 10.0. The van der Waals surface area contributed by atoms with Crippen LogP contribution in [0.25, 0.3) is 6.08 Å². The Morgan fingerprint density at radius 3 is 2.57 bits per heavy atom. The van der Waals surface area contributed by atoms with Crippen LogP contribution in [0.4, 0.5) is 0 Å². The summed E-state index contributed by atoms with van der Waals surface area (Å²) in [6.07, 6.45) is 4.53. The van der Waals surface area contributed by atoms with Gasteiger partial charge in [-0.15, -0.1) is 0 Å². The van der Waals surface area contributed by atoms with Crippen molar-refractivity contribution in [1.82, 2.24) is 5.32 Å². The van der Waals surface area contributed by atoms with E-state index in [2.05, 4.69) is 5.32 Å². The van der Waals surface area contributed by atoms with Crippen molar-refractivity contribution in [3.63, 3.8) is 0 Å². The van der Waals surface area contributed by atoms with Gasteiger partial charge in [0, 0.05) is 28.2 Å². The molecule has 4 nitrogen and oxygen atoms in total. The Morgan fingerprint density at radius 2 is 1.95 bits per heavy atom. The molecule has 1 amide bonds. The van der Waals surface area contributed by atoms with Crippen LogP contribution in [-0.4, -0.2) is 25.0 Å². The molecule has 0 radical (unpaired) electrons. The summed E-state index contributed by atoms with van der Waals surface area (Å²) in [5.41, 5.74) is 0.533. The molecule has 114 valence electrons. The highest BCUT2D eigenvalue weighted by Gasteiger charge is 2.06. The van der Waals surface area contributed by atoms with Crippen LogP contribution < -0.4 is 5.32 Å². The molecule has 0 aliphatic carbocycles. The average molecular weight is 330 g/mol. The van der Waals surface area contributed by atoms with Crippen molar-refractivity contribution in [2.75, 3.05) is 13.2 Å². The van der Waals surface area contributed by atoms with Crippen LogP contribution in [0.3, 0.4) is 0 Å². The second-order valence-corrected chi connectivity index (χ2v) is 5.09. The summed E-state index contributed by atoms with van der Waals surface area (Å²) in [7, 11) is 0. The van der Waals surface area contributed by atoms with Gasteiger partial charge in [-0.25, -0.2) is 4.79 Å². The SMILES string of the molecule is CCCCNC(=O)COC(=O)/C=C/c1c(Cl)cccc1Cl. The normalized spacial score (nSPS) is 10.6. The molecule has 1 aromatic rings. The van der Waals surface area contributed by atoms with Crippen LogP contribution in [-0.2, 0) is 14.3 Å². The number of unbranched alkanes of at least 4 members (excludes halogenated alkanes) is 1. The minimum absolute atomic E-state index is 0.302. The first-order valence-corrected chi connectivity index (χ1v) is 7.35. The van der Waals surface area contributed by atoms with Crippen molar-refractivity contribution in [2.45, 2.75) is 19.8 Å². The van der Waals surface area contributed by atoms with Crippen molar-refractivity contribution in [3.05, 3.63) is 39.9 Å². The van der Waals surface area contributed by atoms with E-state index in [0.717, 1.165) is 12.8 Å². The van der Waals surface area contributed by atoms with Crippen LogP contribution in [0.15, 0.2) is 24.3 Å². The molecule has 0 fully saturated rings. The van der Waals surface area contributed by atoms with Crippen LogP contribution >= 0.6 is 23.2 Å². The molecule has 1 N–H and O–H groups in total. The van der Waals surface area contributed by atoms with Crippen LogP contribution in [0, 0.1) is 0 Å². The Kier molecular flexibility index (Phi) is 7.87. The van der Waals surface area contributed by atoms with Crippen molar-refractivity contribution < 1.29 is 14.3 Å². The summed E-state index contributed by atoms with van der Waals surface area (Å²) in [5.74, 6) is -0.947. The number of esters is 1. The van der Waals surface area contributed by atoms with Gasteiger partial charge in [0.1, 0.15) is 0 Å². The maximum absolute atomic E-state index is 11.5. The average Bonchev–Trinajstić information content (AvgIpc) is 2.45. The largest absolute Gasteiger partial charge is 0.452 e. The summed E-state index contributed by atoms with van der Waals surface area (Å²) in [6, 6.07) is 5.04. The molecule has 0 saturated heterocycles. The molecule has 21 heavy (non-hydrogen) atoms. The highest BCUT2D eigenvalue weighted by Crippen LogP contribution is 2.25. The van der Waals surface area contributed by atoms with E-state index in [0.29, 0.717) is 22.2 Å². The lowest BCUT2D eigenvalue weighted by molar-refractivity contribution is -0.143. The predicted molar refractivity (Wildman–Crippen MR) is 84.4 cm³/mol. The summed E-state index contributed by atoms with van der Waals surface area (Å²) < 4.78 is 4.81. The smallest absolute Gasteiger partial charge is 0.331 e. The molecule has 1 aromatic carbocycles. The number of benzene rings is 1. The number of amides is 1. The fourth-order valence-corrected chi connectivity index (χ4v) is 1.99. The fourth-order valence-electron chi connectivity index (χ4n) is 1.46. The minimum atomic E-state index is -0.628. The van der Waals surface area contributed by atoms with E-state index in [9.17, 15) is 9.59 Å². The fraction of sp³-hybridized carbons (Fsp3) is 0.333. The summed E-state index contributed by atoms with van der Waals surface area (Å²) >= 11 is 11.9. The van der Waals surface area contributed by atoms with E-state index < -0.39 is 5.97 Å². The second-order valence-electron chi connectivity index (χ2n) is 4.28. The third-order valence-corrected chi connectivity index (χ3v) is 3.24. The van der Waals surface area contributed by atoms with Crippen LogP contribution in [0.2, 0.25) is 10.0 Å². The first-order valence-electron chi connectivity index (χ1n) is 6.60. The third-order valence-electron chi connectivity index (χ3n) is 2.58. The standard InChI is InChI=1S/C15H17Cl2NO3/c1-2-3-9-18-14(19)10-21-15(20)8-7-11-12(16)5-4-6-13(11)17/h4-8H,2-3,9-10H2,1H3,(H,18,19)/b8-7+. The monoisotopic (exact) mass is 329 g/mol. The lowest BCUT2D eigenvalue weighted by atomic mass is 10.2. The molecule has 0 saturated carbocycles. The highest BCUT2D eigenvalue weighted by molar-refractivity contribution is 6.37. The van der Waals surface area contributed by atoms with E-state index in [-0.39, 0.29) is 12.5 Å². The van der Waals surface area contributed by atoms with E-state index >= 15 is 0 Å². The Morgan fingerprint density at radius 1 is 1.29 bits per heavy atom. The van der Waals surface area contributed by atoms with Gasteiger partial charge in [-0.2, -0.15) is 0 Å². The Balaban J connectivity index is 2.43. The molecule has 0 bridgehead atoms. The number of hydrogen-bond acceptors (Lipinski definition) is 3. The molecular weight excluding hydrogens is 313 g/mol. The van der Waals surface area contributed by atoms with Crippen molar-refractivity contribution >= 4 is 41.2 Å². The molecule has 1 rings (SSSR count). The second kappa shape index (κ2) is 9.42. The van der Waals surface area contributed by atoms with Crippen molar-refractivity contribution in [3.8, 4) is 0 Å². The molecule has 6 heteroatoms. The van der Waals surface area contributed by atoms with Gasteiger partial charge in [-0.1, -0.05) is 42.6 Å². The van der Waals surface area contributed by atoms with Gasteiger partial charge in [0.05, 0.1) is 0 Å². The van der Waals surface area contributed by atoms with Gasteiger partial charge < -0.3 is 10.1 Å². The Bertz CT molecular complexity index is 509. The van der Waals surface area contributed by atoms with Crippen molar-refractivity contribution in [2.24, 2.45) is 0 Å². The van der Waals surface area contributed by atoms with Gasteiger partial charge in [0.25, 0.3) is 5.91 Å². The number of halogens is 2. The number of rotatable bonds is 7. The van der Waals surface area contributed by atoms with E-state index in [1.807, 2.05) is 6.92 Å². The zero-order valence-corrected chi connectivity index (χ0v) is 13.2. The van der Waals surface area contributed by atoms with Gasteiger partial charge >= 0.3 is 5.97 Å². The summed E-state index contributed by atoms with van der Waals surface area (Å²) in [4.78, 5) is 22.8. The molecule has 0 aromatic heterocycles. The Hall–Kier alpha value is -1.52. The summed E-state index contributed by atoms with van der Waals surface area (Å²) in [6.45, 7) is 2.30. The van der Waals surface area contributed by atoms with Gasteiger partial charge in [-0.05, 0) is 24.6 Å². The molecule has 0 heterocycles. The topological polar surface area (TPSA) is 55.4 Å². The molecule has 0 atom stereocenters. The number of ether oxygens (including phenoxy) is 1. The molecule has 0 spiro atoms. The quantitative estimate of drug-likeness (QED) is 0.473. The van der Waals surface area contributed by atoms with Crippen LogP contribution in [0.5, 0.6) is 0 Å².